The van der Waals surface area contributed by atoms with Crippen LogP contribution in [0.2, 0.25) is 0 Å². The molecule has 0 heterocycles. The van der Waals surface area contributed by atoms with Crippen LogP contribution in [0, 0.1) is 0 Å². The Morgan fingerprint density at radius 3 is 1.86 bits per heavy atom. The predicted octanol–water partition coefficient (Wildman–Crippen LogP) is 3.26. The molecule has 0 fully saturated rings. The fourth-order valence-electron chi connectivity index (χ4n) is 0.888. The maximum absolute atomic E-state index is 5.01. The van der Waals surface area contributed by atoms with Gasteiger partial charge in [0.1, 0.15) is 5.75 Å². The van der Waals surface area contributed by atoms with E-state index in [1.54, 1.807) is 14.2 Å². The maximum Gasteiger partial charge on any atom is 0.118 e. The molecule has 1 aromatic rings. The molecule has 0 saturated heterocycles. The van der Waals surface area contributed by atoms with Crippen LogP contribution in [0.15, 0.2) is 24.3 Å². The van der Waals surface area contributed by atoms with Gasteiger partial charge in [0, 0.05) is 7.11 Å². The lowest BCUT2D eigenvalue weighted by molar-refractivity contribution is 0.185. The summed E-state index contributed by atoms with van der Waals surface area (Å²) in [5, 5.41) is 0. The molecule has 0 radical (unpaired) electrons. The highest BCUT2D eigenvalue weighted by Crippen LogP contribution is 2.11. The number of methoxy groups -OCH3 is 2. The van der Waals surface area contributed by atoms with E-state index in [1.807, 2.05) is 24.3 Å². The number of hydrogen-bond donors (Lipinski definition) is 0. The fourth-order valence-corrected chi connectivity index (χ4v) is 0.888. The van der Waals surface area contributed by atoms with Gasteiger partial charge in [-0.15, -0.1) is 0 Å². The van der Waals surface area contributed by atoms with Gasteiger partial charge in [-0.05, 0) is 17.7 Å². The van der Waals surface area contributed by atoms with Crippen LogP contribution in [0.1, 0.15) is 25.8 Å². The van der Waals surface area contributed by atoms with E-state index < -0.39 is 0 Å². The summed E-state index contributed by atoms with van der Waals surface area (Å²) in [5.74, 6) is 0.879. The van der Waals surface area contributed by atoms with Crippen molar-refractivity contribution < 1.29 is 9.47 Å². The first-order valence-electron chi connectivity index (χ1n) is 4.90. The summed E-state index contributed by atoms with van der Waals surface area (Å²) in [5.41, 5.74) is 1.16. The second-order valence-electron chi connectivity index (χ2n) is 2.99. The topological polar surface area (TPSA) is 18.5 Å². The van der Waals surface area contributed by atoms with Crippen LogP contribution >= 0.6 is 0 Å². The van der Waals surface area contributed by atoms with Crippen molar-refractivity contribution in [3.63, 3.8) is 0 Å². The molecular weight excluding hydrogens is 176 g/mol. The molecule has 0 spiro atoms. The van der Waals surface area contributed by atoms with Crippen molar-refractivity contribution >= 4 is 0 Å². The van der Waals surface area contributed by atoms with Crippen molar-refractivity contribution in [3.8, 4) is 5.75 Å². The zero-order chi connectivity index (χ0) is 10.8. The summed E-state index contributed by atoms with van der Waals surface area (Å²) in [6.45, 7) is 4.91. The Balaban J connectivity index is 0.000000500. The number of ether oxygens (including phenoxy) is 2. The van der Waals surface area contributed by atoms with Gasteiger partial charge in [0.05, 0.1) is 13.7 Å². The Labute approximate surface area is 86.9 Å². The van der Waals surface area contributed by atoms with Crippen molar-refractivity contribution in [1.29, 1.82) is 0 Å². The summed E-state index contributed by atoms with van der Waals surface area (Å²) in [6.07, 6.45) is 1.25. The third-order valence-corrected chi connectivity index (χ3v) is 1.47. The van der Waals surface area contributed by atoms with Crippen molar-refractivity contribution in [2.24, 2.45) is 0 Å². The first-order valence-corrected chi connectivity index (χ1v) is 4.90. The average Bonchev–Trinajstić information content (AvgIpc) is 2.21. The Bertz CT molecular complexity index is 216. The predicted molar refractivity (Wildman–Crippen MR) is 59.7 cm³/mol. The molecular formula is C12H20O2. The SMILES string of the molecule is CCC.COCc1ccc(OC)cc1. The van der Waals surface area contributed by atoms with Crippen molar-refractivity contribution in [3.05, 3.63) is 29.8 Å². The van der Waals surface area contributed by atoms with E-state index in [-0.39, 0.29) is 0 Å². The van der Waals surface area contributed by atoms with Crippen LogP contribution < -0.4 is 4.74 Å². The number of benzene rings is 1. The molecule has 0 aliphatic heterocycles. The minimum Gasteiger partial charge on any atom is -0.497 e. The molecule has 2 nitrogen and oxygen atoms in total. The fraction of sp³-hybridized carbons (Fsp3) is 0.500. The van der Waals surface area contributed by atoms with E-state index in [2.05, 4.69) is 13.8 Å². The molecule has 0 bridgehead atoms. The van der Waals surface area contributed by atoms with E-state index in [9.17, 15) is 0 Å². The second kappa shape index (κ2) is 8.57. The third-order valence-electron chi connectivity index (χ3n) is 1.47. The van der Waals surface area contributed by atoms with E-state index in [0.717, 1.165) is 11.3 Å². The molecule has 1 aromatic carbocycles. The minimum absolute atomic E-state index is 0.657. The molecule has 0 amide bonds. The van der Waals surface area contributed by atoms with Crippen molar-refractivity contribution in [2.75, 3.05) is 14.2 Å². The zero-order valence-electron chi connectivity index (χ0n) is 9.54. The quantitative estimate of drug-likeness (QED) is 0.738. The van der Waals surface area contributed by atoms with Crippen LogP contribution in [-0.4, -0.2) is 14.2 Å². The van der Waals surface area contributed by atoms with Crippen LogP contribution in [0.4, 0.5) is 0 Å². The molecule has 2 heteroatoms. The minimum atomic E-state index is 0.657. The highest BCUT2D eigenvalue weighted by molar-refractivity contribution is 5.26. The van der Waals surface area contributed by atoms with Crippen LogP contribution in [0.25, 0.3) is 0 Å². The molecule has 0 unspecified atom stereocenters. The van der Waals surface area contributed by atoms with E-state index in [0.29, 0.717) is 6.61 Å². The van der Waals surface area contributed by atoms with Gasteiger partial charge in [-0.2, -0.15) is 0 Å². The first-order chi connectivity index (χ1) is 6.78. The Kier molecular flexibility index (Phi) is 7.95. The van der Waals surface area contributed by atoms with E-state index >= 15 is 0 Å². The molecule has 0 N–H and O–H groups in total. The Hall–Kier alpha value is -1.02. The lowest BCUT2D eigenvalue weighted by Gasteiger charge is -2.01. The molecule has 0 atom stereocenters. The summed E-state index contributed by atoms with van der Waals surface area (Å²) in [4.78, 5) is 0. The van der Waals surface area contributed by atoms with Gasteiger partial charge in [-0.3, -0.25) is 0 Å². The Morgan fingerprint density at radius 2 is 1.50 bits per heavy atom. The molecule has 1 rings (SSSR count). The second-order valence-corrected chi connectivity index (χ2v) is 2.99. The summed E-state index contributed by atoms with van der Waals surface area (Å²) >= 11 is 0. The lowest BCUT2D eigenvalue weighted by Crippen LogP contribution is -1.87. The van der Waals surface area contributed by atoms with Gasteiger partial charge < -0.3 is 9.47 Å². The van der Waals surface area contributed by atoms with Gasteiger partial charge in [0.15, 0.2) is 0 Å². The van der Waals surface area contributed by atoms with Crippen molar-refractivity contribution in [1.82, 2.24) is 0 Å². The first kappa shape index (κ1) is 13.0. The largest absolute Gasteiger partial charge is 0.497 e. The molecule has 14 heavy (non-hydrogen) atoms. The van der Waals surface area contributed by atoms with Crippen LogP contribution in [-0.2, 0) is 11.3 Å². The maximum atomic E-state index is 5.01. The summed E-state index contributed by atoms with van der Waals surface area (Å²) in [6, 6.07) is 7.83. The highest BCUT2D eigenvalue weighted by Gasteiger charge is 1.91. The van der Waals surface area contributed by atoms with E-state index in [4.69, 9.17) is 9.47 Å². The highest BCUT2D eigenvalue weighted by atomic mass is 16.5. The molecule has 0 aliphatic rings. The lowest BCUT2D eigenvalue weighted by atomic mass is 10.2. The number of rotatable bonds is 3. The molecule has 0 aromatic heterocycles. The molecule has 80 valence electrons. The molecule has 0 saturated carbocycles. The summed E-state index contributed by atoms with van der Waals surface area (Å²) in [7, 11) is 3.34. The average molecular weight is 196 g/mol. The van der Waals surface area contributed by atoms with Crippen LogP contribution in [0.3, 0.4) is 0 Å². The van der Waals surface area contributed by atoms with Crippen molar-refractivity contribution in [2.45, 2.75) is 26.9 Å². The van der Waals surface area contributed by atoms with Gasteiger partial charge >= 0.3 is 0 Å². The van der Waals surface area contributed by atoms with Crippen LogP contribution in [0.5, 0.6) is 5.75 Å². The van der Waals surface area contributed by atoms with E-state index in [1.165, 1.54) is 6.42 Å². The third kappa shape index (κ3) is 5.60. The Morgan fingerprint density at radius 1 is 1.00 bits per heavy atom. The van der Waals surface area contributed by atoms with Gasteiger partial charge in [-0.1, -0.05) is 32.4 Å². The number of hydrogen-bond acceptors (Lipinski definition) is 2. The zero-order valence-corrected chi connectivity index (χ0v) is 9.54. The van der Waals surface area contributed by atoms with Gasteiger partial charge in [0.2, 0.25) is 0 Å². The van der Waals surface area contributed by atoms with Gasteiger partial charge in [-0.25, -0.2) is 0 Å². The normalized spacial score (nSPS) is 8.86. The standard InChI is InChI=1S/C9H12O2.C3H8/c1-10-7-8-3-5-9(11-2)6-4-8;1-3-2/h3-6H,7H2,1-2H3;3H2,1-2H3. The molecule has 0 aliphatic carbocycles. The smallest absolute Gasteiger partial charge is 0.118 e. The summed E-state index contributed by atoms with van der Waals surface area (Å²) < 4.78 is 9.97. The monoisotopic (exact) mass is 196 g/mol. The van der Waals surface area contributed by atoms with Gasteiger partial charge in [0.25, 0.3) is 0 Å².